The standard InChI is InChI=1S/C21H27N3O3/c25-19-15-22-13-12-17(19)23-21(26)24-18-10-4-5-11-20(18)27-14-6-9-16-7-2-1-3-8-16/h1-5,7-8,10-11,17,19,22,25H,6,9,12-15H2,(H2,23,24,26)/t17-,19-/m1/s1. The van der Waals surface area contributed by atoms with Gasteiger partial charge < -0.3 is 25.8 Å². The molecular weight excluding hydrogens is 342 g/mol. The maximum absolute atomic E-state index is 12.3. The lowest BCUT2D eigenvalue weighted by Gasteiger charge is -2.29. The van der Waals surface area contributed by atoms with Crippen LogP contribution in [0.3, 0.4) is 0 Å². The van der Waals surface area contributed by atoms with Crippen LogP contribution in [0.15, 0.2) is 54.6 Å². The molecule has 0 unspecified atom stereocenters. The van der Waals surface area contributed by atoms with Gasteiger partial charge in [-0.2, -0.15) is 0 Å². The first-order valence-corrected chi connectivity index (χ1v) is 9.44. The van der Waals surface area contributed by atoms with E-state index in [4.69, 9.17) is 4.74 Å². The molecule has 0 aliphatic carbocycles. The first-order chi connectivity index (χ1) is 13.2. The number of β-amino-alcohol motifs (C(OH)–C–C–N with tert-alkyl or cyclic N) is 1. The van der Waals surface area contributed by atoms with Gasteiger partial charge in [0.2, 0.25) is 0 Å². The van der Waals surface area contributed by atoms with E-state index in [1.807, 2.05) is 42.5 Å². The number of benzene rings is 2. The number of rotatable bonds is 7. The number of anilines is 1. The lowest BCUT2D eigenvalue weighted by atomic mass is 10.0. The fraction of sp³-hybridized carbons (Fsp3) is 0.381. The van der Waals surface area contributed by atoms with Crippen LogP contribution >= 0.6 is 0 Å². The van der Waals surface area contributed by atoms with Crippen molar-refractivity contribution >= 4 is 11.7 Å². The molecule has 1 fully saturated rings. The highest BCUT2D eigenvalue weighted by atomic mass is 16.5. The molecule has 2 amide bonds. The zero-order valence-electron chi connectivity index (χ0n) is 15.4. The van der Waals surface area contributed by atoms with Crippen LogP contribution in [0.5, 0.6) is 5.75 Å². The Morgan fingerprint density at radius 1 is 1.15 bits per heavy atom. The second-order valence-corrected chi connectivity index (χ2v) is 6.70. The zero-order chi connectivity index (χ0) is 18.9. The number of aliphatic hydroxyl groups excluding tert-OH is 1. The topological polar surface area (TPSA) is 82.6 Å². The van der Waals surface area contributed by atoms with Crippen molar-refractivity contribution in [3.05, 3.63) is 60.2 Å². The Balaban J connectivity index is 1.48. The molecule has 2 aromatic rings. The van der Waals surface area contributed by atoms with Gasteiger partial charge in [-0.05, 0) is 43.5 Å². The Labute approximate surface area is 159 Å². The molecular formula is C21H27N3O3. The van der Waals surface area contributed by atoms with Crippen LogP contribution in [0.25, 0.3) is 0 Å². The summed E-state index contributed by atoms with van der Waals surface area (Å²) < 4.78 is 5.87. The van der Waals surface area contributed by atoms with Gasteiger partial charge in [-0.25, -0.2) is 4.79 Å². The molecule has 0 radical (unpaired) electrons. The molecule has 2 atom stereocenters. The third-order valence-corrected chi connectivity index (χ3v) is 4.61. The number of urea groups is 1. The van der Waals surface area contributed by atoms with E-state index in [1.54, 1.807) is 0 Å². The van der Waals surface area contributed by atoms with Crippen LogP contribution in [0.1, 0.15) is 18.4 Å². The van der Waals surface area contributed by atoms with E-state index < -0.39 is 6.10 Å². The molecule has 4 N–H and O–H groups in total. The molecule has 0 bridgehead atoms. The van der Waals surface area contributed by atoms with E-state index in [9.17, 15) is 9.90 Å². The minimum absolute atomic E-state index is 0.245. The van der Waals surface area contributed by atoms with Crippen molar-refractivity contribution in [2.24, 2.45) is 0 Å². The Morgan fingerprint density at radius 3 is 2.74 bits per heavy atom. The quantitative estimate of drug-likeness (QED) is 0.565. The Hall–Kier alpha value is -2.57. The number of carbonyl (C=O) groups excluding carboxylic acids is 1. The van der Waals surface area contributed by atoms with E-state index in [1.165, 1.54) is 5.56 Å². The fourth-order valence-corrected chi connectivity index (χ4v) is 3.14. The number of aryl methyl sites for hydroxylation is 1. The second-order valence-electron chi connectivity index (χ2n) is 6.70. The van der Waals surface area contributed by atoms with Gasteiger partial charge in [0.15, 0.2) is 0 Å². The summed E-state index contributed by atoms with van der Waals surface area (Å²) in [5, 5.41) is 18.7. The first-order valence-electron chi connectivity index (χ1n) is 9.44. The van der Waals surface area contributed by atoms with E-state index in [0.29, 0.717) is 31.0 Å². The number of nitrogens with one attached hydrogen (secondary N) is 3. The zero-order valence-corrected chi connectivity index (χ0v) is 15.4. The first kappa shape index (κ1) is 19.2. The van der Waals surface area contributed by atoms with Gasteiger partial charge in [-0.1, -0.05) is 42.5 Å². The van der Waals surface area contributed by atoms with E-state index in [2.05, 4.69) is 28.1 Å². The van der Waals surface area contributed by atoms with Gasteiger partial charge in [0.05, 0.1) is 24.4 Å². The van der Waals surface area contributed by atoms with Crippen LogP contribution < -0.4 is 20.7 Å². The summed E-state index contributed by atoms with van der Waals surface area (Å²) in [5.41, 5.74) is 1.91. The normalized spacial score (nSPS) is 19.3. The van der Waals surface area contributed by atoms with Gasteiger partial charge in [0.1, 0.15) is 5.75 Å². The maximum atomic E-state index is 12.3. The van der Waals surface area contributed by atoms with E-state index in [0.717, 1.165) is 19.4 Å². The molecule has 6 nitrogen and oxygen atoms in total. The molecule has 3 rings (SSSR count). The lowest BCUT2D eigenvalue weighted by Crippen LogP contribution is -2.53. The third-order valence-electron chi connectivity index (χ3n) is 4.61. The highest BCUT2D eigenvalue weighted by Crippen LogP contribution is 2.24. The average molecular weight is 369 g/mol. The van der Waals surface area contributed by atoms with Gasteiger partial charge in [-0.3, -0.25) is 0 Å². The number of amides is 2. The van der Waals surface area contributed by atoms with Crippen LogP contribution in [0, 0.1) is 0 Å². The van der Waals surface area contributed by atoms with Crippen molar-refractivity contribution < 1.29 is 14.6 Å². The largest absolute Gasteiger partial charge is 0.491 e. The molecule has 27 heavy (non-hydrogen) atoms. The average Bonchev–Trinajstić information content (AvgIpc) is 2.69. The summed E-state index contributed by atoms with van der Waals surface area (Å²) in [5.74, 6) is 0.645. The Bertz CT molecular complexity index is 724. The summed E-state index contributed by atoms with van der Waals surface area (Å²) in [7, 11) is 0. The molecule has 1 aliphatic rings. The number of ether oxygens (including phenoxy) is 1. The summed E-state index contributed by atoms with van der Waals surface area (Å²) in [6.07, 6.45) is 1.97. The van der Waals surface area contributed by atoms with Crippen molar-refractivity contribution in [1.82, 2.24) is 10.6 Å². The van der Waals surface area contributed by atoms with Crippen LogP contribution in [0.4, 0.5) is 10.5 Å². The lowest BCUT2D eigenvalue weighted by molar-refractivity contribution is 0.107. The maximum Gasteiger partial charge on any atom is 0.319 e. The molecule has 1 aliphatic heterocycles. The molecule has 1 saturated heterocycles. The van der Waals surface area contributed by atoms with Gasteiger partial charge >= 0.3 is 6.03 Å². The minimum atomic E-state index is -0.575. The van der Waals surface area contributed by atoms with Crippen molar-refractivity contribution in [3.8, 4) is 5.75 Å². The summed E-state index contributed by atoms with van der Waals surface area (Å²) >= 11 is 0. The monoisotopic (exact) mass is 369 g/mol. The van der Waals surface area contributed by atoms with Crippen molar-refractivity contribution in [3.63, 3.8) is 0 Å². The van der Waals surface area contributed by atoms with Crippen molar-refractivity contribution in [2.75, 3.05) is 25.0 Å². The summed E-state index contributed by atoms with van der Waals surface area (Å²) in [6.45, 7) is 1.84. The highest BCUT2D eigenvalue weighted by Gasteiger charge is 2.24. The Morgan fingerprint density at radius 2 is 1.93 bits per heavy atom. The predicted molar refractivity (Wildman–Crippen MR) is 106 cm³/mol. The van der Waals surface area contributed by atoms with Gasteiger partial charge in [0.25, 0.3) is 0 Å². The van der Waals surface area contributed by atoms with E-state index in [-0.39, 0.29) is 12.1 Å². The third kappa shape index (κ3) is 5.98. The van der Waals surface area contributed by atoms with Crippen molar-refractivity contribution in [1.29, 1.82) is 0 Å². The molecule has 2 aromatic carbocycles. The summed E-state index contributed by atoms with van der Waals surface area (Å²) in [4.78, 5) is 12.3. The molecule has 0 spiro atoms. The molecule has 6 heteroatoms. The second kappa shape index (κ2) is 9.94. The van der Waals surface area contributed by atoms with E-state index >= 15 is 0 Å². The molecule has 0 saturated carbocycles. The van der Waals surface area contributed by atoms with Crippen LogP contribution in [-0.2, 0) is 6.42 Å². The van der Waals surface area contributed by atoms with Crippen LogP contribution in [0.2, 0.25) is 0 Å². The smallest absolute Gasteiger partial charge is 0.319 e. The number of hydrogen-bond acceptors (Lipinski definition) is 4. The number of para-hydroxylation sites is 2. The van der Waals surface area contributed by atoms with Crippen LogP contribution in [-0.4, -0.2) is 43.0 Å². The fourth-order valence-electron chi connectivity index (χ4n) is 3.14. The number of aliphatic hydroxyl groups is 1. The summed E-state index contributed by atoms with van der Waals surface area (Å²) in [6, 6.07) is 17.1. The van der Waals surface area contributed by atoms with Gasteiger partial charge in [-0.15, -0.1) is 0 Å². The minimum Gasteiger partial charge on any atom is -0.491 e. The molecule has 1 heterocycles. The number of piperidine rings is 1. The highest BCUT2D eigenvalue weighted by molar-refractivity contribution is 5.91. The predicted octanol–water partition coefficient (Wildman–Crippen LogP) is 2.54. The SMILES string of the molecule is O=C(Nc1ccccc1OCCCc1ccccc1)N[C@@H]1CCNC[C@H]1O. The molecule has 0 aromatic heterocycles. The van der Waals surface area contributed by atoms with Gasteiger partial charge in [0, 0.05) is 6.54 Å². The molecule has 144 valence electrons. The Kier molecular flexibility index (Phi) is 7.07. The number of carbonyl (C=O) groups is 1. The number of hydrogen-bond donors (Lipinski definition) is 4. The van der Waals surface area contributed by atoms with Crippen molar-refractivity contribution in [2.45, 2.75) is 31.4 Å².